The number of nitrogens with zero attached hydrogens (tertiary/aromatic N) is 1. The zero-order valence-electron chi connectivity index (χ0n) is 12.5. The Morgan fingerprint density at radius 1 is 1.00 bits per heavy atom. The van der Waals surface area contributed by atoms with Gasteiger partial charge < -0.3 is 10.1 Å². The van der Waals surface area contributed by atoms with E-state index in [4.69, 9.17) is 4.74 Å². The van der Waals surface area contributed by atoms with Gasteiger partial charge in [0.05, 0.1) is 7.11 Å². The lowest BCUT2D eigenvalue weighted by atomic mass is 9.99. The van der Waals surface area contributed by atoms with Crippen LogP contribution >= 0.6 is 0 Å². The zero-order valence-corrected chi connectivity index (χ0v) is 12.5. The molecule has 1 saturated heterocycles. The lowest BCUT2D eigenvalue weighted by Gasteiger charge is -2.28. The van der Waals surface area contributed by atoms with Crippen LogP contribution in [0.15, 0.2) is 48.5 Å². The van der Waals surface area contributed by atoms with Crippen LogP contribution in [0.3, 0.4) is 0 Å². The van der Waals surface area contributed by atoms with Crippen LogP contribution in [0.1, 0.15) is 5.56 Å². The summed E-state index contributed by atoms with van der Waals surface area (Å²) < 4.78 is 5.24. The van der Waals surface area contributed by atoms with Gasteiger partial charge in [-0.15, -0.1) is 0 Å². The lowest BCUT2D eigenvalue weighted by molar-refractivity contribution is 0.233. The summed E-state index contributed by atoms with van der Waals surface area (Å²) in [6, 6.07) is 17.0. The van der Waals surface area contributed by atoms with E-state index in [-0.39, 0.29) is 0 Å². The first-order chi connectivity index (χ1) is 10.4. The molecule has 0 amide bonds. The minimum Gasteiger partial charge on any atom is -0.497 e. The molecule has 0 saturated carbocycles. The molecule has 0 bridgehead atoms. The smallest absolute Gasteiger partial charge is 0.118 e. The van der Waals surface area contributed by atoms with Crippen molar-refractivity contribution in [2.45, 2.75) is 6.54 Å². The highest BCUT2D eigenvalue weighted by Gasteiger charge is 2.12. The van der Waals surface area contributed by atoms with Gasteiger partial charge in [-0.3, -0.25) is 4.90 Å². The first-order valence-corrected chi connectivity index (χ1v) is 7.52. The van der Waals surface area contributed by atoms with Gasteiger partial charge in [0.15, 0.2) is 0 Å². The molecule has 110 valence electrons. The largest absolute Gasteiger partial charge is 0.497 e. The van der Waals surface area contributed by atoms with Crippen molar-refractivity contribution < 1.29 is 4.74 Å². The van der Waals surface area contributed by atoms with Gasteiger partial charge in [-0.1, -0.05) is 36.4 Å². The Bertz CT molecular complexity index is 574. The second-order valence-electron chi connectivity index (χ2n) is 5.41. The van der Waals surface area contributed by atoms with Crippen molar-refractivity contribution in [1.29, 1.82) is 0 Å². The Kier molecular flexibility index (Phi) is 4.53. The van der Waals surface area contributed by atoms with E-state index in [9.17, 15) is 0 Å². The van der Waals surface area contributed by atoms with Crippen molar-refractivity contribution in [3.63, 3.8) is 0 Å². The molecule has 21 heavy (non-hydrogen) atoms. The summed E-state index contributed by atoms with van der Waals surface area (Å²) in [5.74, 6) is 0.901. The molecule has 3 nitrogen and oxygen atoms in total. The maximum absolute atomic E-state index is 5.24. The van der Waals surface area contributed by atoms with E-state index in [1.165, 1.54) is 16.7 Å². The molecular formula is C18H22N2O. The average Bonchev–Trinajstić information content (AvgIpc) is 2.56. The van der Waals surface area contributed by atoms with Crippen molar-refractivity contribution in [3.05, 3.63) is 54.1 Å². The van der Waals surface area contributed by atoms with Crippen molar-refractivity contribution in [3.8, 4) is 16.9 Å². The molecule has 1 aliphatic rings. The quantitative estimate of drug-likeness (QED) is 0.933. The fourth-order valence-corrected chi connectivity index (χ4v) is 2.82. The third-order valence-electron chi connectivity index (χ3n) is 4.02. The molecule has 1 aliphatic heterocycles. The molecule has 3 rings (SSSR count). The maximum atomic E-state index is 5.24. The highest BCUT2D eigenvalue weighted by Crippen LogP contribution is 2.26. The predicted molar refractivity (Wildman–Crippen MR) is 86.6 cm³/mol. The van der Waals surface area contributed by atoms with Crippen LogP contribution in [0, 0.1) is 0 Å². The Balaban J connectivity index is 1.83. The van der Waals surface area contributed by atoms with Gasteiger partial charge in [-0.2, -0.15) is 0 Å². The Morgan fingerprint density at radius 2 is 1.71 bits per heavy atom. The van der Waals surface area contributed by atoms with E-state index in [2.05, 4.69) is 46.6 Å². The number of piperazine rings is 1. The predicted octanol–water partition coefficient (Wildman–Crippen LogP) is 2.77. The van der Waals surface area contributed by atoms with Gasteiger partial charge in [0.2, 0.25) is 0 Å². The van der Waals surface area contributed by atoms with Crippen LogP contribution in [0.2, 0.25) is 0 Å². The normalized spacial score (nSPS) is 15.9. The molecule has 0 spiro atoms. The first-order valence-electron chi connectivity index (χ1n) is 7.52. The van der Waals surface area contributed by atoms with Gasteiger partial charge in [-0.25, -0.2) is 0 Å². The van der Waals surface area contributed by atoms with Crippen molar-refractivity contribution >= 4 is 0 Å². The minimum atomic E-state index is 0.901. The zero-order chi connectivity index (χ0) is 14.5. The van der Waals surface area contributed by atoms with Crippen LogP contribution in [0.4, 0.5) is 0 Å². The molecular weight excluding hydrogens is 260 g/mol. The van der Waals surface area contributed by atoms with E-state index < -0.39 is 0 Å². The van der Waals surface area contributed by atoms with E-state index in [0.29, 0.717) is 0 Å². The van der Waals surface area contributed by atoms with Crippen LogP contribution in [0.5, 0.6) is 5.75 Å². The summed E-state index contributed by atoms with van der Waals surface area (Å²) in [6.07, 6.45) is 0. The van der Waals surface area contributed by atoms with E-state index in [1.54, 1.807) is 7.11 Å². The van der Waals surface area contributed by atoms with Crippen molar-refractivity contribution in [2.24, 2.45) is 0 Å². The number of ether oxygens (including phenoxy) is 1. The van der Waals surface area contributed by atoms with E-state index in [0.717, 1.165) is 38.5 Å². The van der Waals surface area contributed by atoms with Crippen LogP contribution in [0.25, 0.3) is 11.1 Å². The van der Waals surface area contributed by atoms with Gasteiger partial charge in [0.25, 0.3) is 0 Å². The summed E-state index contributed by atoms with van der Waals surface area (Å²) in [5, 5.41) is 3.40. The molecule has 2 aromatic carbocycles. The number of nitrogens with one attached hydrogen (secondary N) is 1. The third-order valence-corrected chi connectivity index (χ3v) is 4.02. The molecule has 0 unspecified atom stereocenters. The summed E-state index contributed by atoms with van der Waals surface area (Å²) in [5.41, 5.74) is 3.96. The Hall–Kier alpha value is -1.84. The van der Waals surface area contributed by atoms with Crippen LogP contribution < -0.4 is 10.1 Å². The highest BCUT2D eigenvalue weighted by molar-refractivity contribution is 5.67. The molecule has 3 heteroatoms. The second kappa shape index (κ2) is 6.74. The SMILES string of the molecule is COc1ccc(-c2ccccc2CN2CCNCC2)cc1. The number of benzene rings is 2. The number of hydrogen-bond donors (Lipinski definition) is 1. The van der Waals surface area contributed by atoms with Gasteiger partial charge >= 0.3 is 0 Å². The van der Waals surface area contributed by atoms with E-state index in [1.807, 2.05) is 12.1 Å². The molecule has 1 heterocycles. The fourth-order valence-electron chi connectivity index (χ4n) is 2.82. The van der Waals surface area contributed by atoms with Gasteiger partial charge in [0, 0.05) is 32.7 Å². The molecule has 0 aliphatic carbocycles. The molecule has 1 N–H and O–H groups in total. The standard InChI is InChI=1S/C18H22N2O/c1-21-17-8-6-15(7-9-17)18-5-3-2-4-16(18)14-20-12-10-19-11-13-20/h2-9,19H,10-14H2,1H3. The highest BCUT2D eigenvalue weighted by atomic mass is 16.5. The Morgan fingerprint density at radius 3 is 2.43 bits per heavy atom. The molecule has 0 radical (unpaired) electrons. The van der Waals surface area contributed by atoms with Gasteiger partial charge in [-0.05, 0) is 28.8 Å². The summed E-state index contributed by atoms with van der Waals surface area (Å²) in [6.45, 7) is 5.44. The summed E-state index contributed by atoms with van der Waals surface area (Å²) in [4.78, 5) is 2.51. The van der Waals surface area contributed by atoms with Crippen LogP contribution in [-0.2, 0) is 6.54 Å². The number of rotatable bonds is 4. The van der Waals surface area contributed by atoms with E-state index >= 15 is 0 Å². The summed E-state index contributed by atoms with van der Waals surface area (Å²) >= 11 is 0. The first kappa shape index (κ1) is 14.1. The monoisotopic (exact) mass is 282 g/mol. The van der Waals surface area contributed by atoms with Crippen molar-refractivity contribution in [2.75, 3.05) is 33.3 Å². The topological polar surface area (TPSA) is 24.5 Å². The average molecular weight is 282 g/mol. The third kappa shape index (κ3) is 3.43. The number of methoxy groups -OCH3 is 1. The Labute approximate surface area is 126 Å². The molecule has 2 aromatic rings. The second-order valence-corrected chi connectivity index (χ2v) is 5.41. The molecule has 1 fully saturated rings. The van der Waals surface area contributed by atoms with Crippen LogP contribution in [-0.4, -0.2) is 38.2 Å². The summed E-state index contributed by atoms with van der Waals surface area (Å²) in [7, 11) is 1.70. The maximum Gasteiger partial charge on any atom is 0.118 e. The van der Waals surface area contributed by atoms with Crippen molar-refractivity contribution in [1.82, 2.24) is 10.2 Å². The fraction of sp³-hybridized carbons (Fsp3) is 0.333. The molecule has 0 aromatic heterocycles. The lowest BCUT2D eigenvalue weighted by Crippen LogP contribution is -2.42. The van der Waals surface area contributed by atoms with Gasteiger partial charge in [0.1, 0.15) is 5.75 Å². The molecule has 0 atom stereocenters. The minimum absolute atomic E-state index is 0.901. The number of hydrogen-bond acceptors (Lipinski definition) is 3.